The highest BCUT2D eigenvalue weighted by Gasteiger charge is 2.15. The highest BCUT2D eigenvalue weighted by Crippen LogP contribution is 2.38. The molecule has 108 valence electrons. The molecule has 3 N–H and O–H groups in total. The molecule has 0 aliphatic rings. The van der Waals surface area contributed by atoms with Gasteiger partial charge in [-0.15, -0.1) is 0 Å². The van der Waals surface area contributed by atoms with Crippen molar-refractivity contribution in [2.75, 3.05) is 14.2 Å². The molecule has 0 saturated heterocycles. The van der Waals surface area contributed by atoms with Crippen LogP contribution in [0.5, 0.6) is 17.2 Å². The Morgan fingerprint density at radius 2 is 1.80 bits per heavy atom. The quantitative estimate of drug-likeness (QED) is 0.356. The molecule has 0 heterocycles. The number of ether oxygens (including phenoxy) is 3. The maximum Gasteiger partial charge on any atom is 0.332 e. The number of hydrogen-bond acceptors (Lipinski definition) is 6. The van der Waals surface area contributed by atoms with Crippen LogP contribution >= 0.6 is 0 Å². The van der Waals surface area contributed by atoms with Gasteiger partial charge in [0.25, 0.3) is 0 Å². The first-order valence-electron chi connectivity index (χ1n) is 5.51. The molecule has 0 bridgehead atoms. The lowest BCUT2D eigenvalue weighted by Gasteiger charge is -2.13. The van der Waals surface area contributed by atoms with E-state index in [1.165, 1.54) is 27.4 Å². The van der Waals surface area contributed by atoms with Gasteiger partial charge in [-0.2, -0.15) is 5.10 Å². The maximum absolute atomic E-state index is 11.1. The Morgan fingerprint density at radius 3 is 2.20 bits per heavy atom. The predicted molar refractivity (Wildman–Crippen MR) is 71.2 cm³/mol. The lowest BCUT2D eigenvalue weighted by molar-refractivity contribution is -0.132. The molecule has 8 heteroatoms. The number of carbonyl (C=O) groups is 2. The highest BCUT2D eigenvalue weighted by atomic mass is 16.6. The molecule has 0 radical (unpaired) electrons. The molecule has 2 amide bonds. The average Bonchev–Trinajstić information content (AvgIpc) is 2.38. The third-order valence-electron chi connectivity index (χ3n) is 2.12. The molecule has 0 spiro atoms. The number of rotatable bonds is 5. The van der Waals surface area contributed by atoms with E-state index in [1.54, 1.807) is 12.1 Å². The first kappa shape index (κ1) is 15.3. The lowest BCUT2D eigenvalue weighted by Crippen LogP contribution is -2.24. The van der Waals surface area contributed by atoms with Gasteiger partial charge < -0.3 is 19.9 Å². The van der Waals surface area contributed by atoms with Crippen LogP contribution < -0.4 is 25.4 Å². The van der Waals surface area contributed by atoms with Crippen LogP contribution in [-0.2, 0) is 4.79 Å². The van der Waals surface area contributed by atoms with Crippen molar-refractivity contribution in [3.05, 3.63) is 17.7 Å². The molecule has 0 aliphatic heterocycles. The molecule has 0 aromatic heterocycles. The summed E-state index contributed by atoms with van der Waals surface area (Å²) in [7, 11) is 2.84. The van der Waals surface area contributed by atoms with Gasteiger partial charge >= 0.3 is 12.0 Å². The lowest BCUT2D eigenvalue weighted by atomic mass is 10.2. The number of urea groups is 1. The van der Waals surface area contributed by atoms with Gasteiger partial charge in [-0.25, -0.2) is 10.2 Å². The van der Waals surface area contributed by atoms with E-state index in [4.69, 9.17) is 19.9 Å². The van der Waals surface area contributed by atoms with Gasteiger partial charge in [-0.05, 0) is 12.1 Å². The topological polar surface area (TPSA) is 112 Å². The van der Waals surface area contributed by atoms with Gasteiger partial charge in [-0.3, -0.25) is 4.79 Å². The van der Waals surface area contributed by atoms with E-state index in [0.717, 1.165) is 0 Å². The van der Waals surface area contributed by atoms with Crippen molar-refractivity contribution < 1.29 is 23.8 Å². The van der Waals surface area contributed by atoms with Crippen LogP contribution in [0.4, 0.5) is 4.79 Å². The Kier molecular flexibility index (Phi) is 5.33. The Bertz CT molecular complexity index is 517. The molecule has 1 aromatic carbocycles. The van der Waals surface area contributed by atoms with Gasteiger partial charge in [-0.1, -0.05) is 0 Å². The maximum atomic E-state index is 11.1. The van der Waals surface area contributed by atoms with Crippen molar-refractivity contribution in [1.29, 1.82) is 0 Å². The van der Waals surface area contributed by atoms with Crippen molar-refractivity contribution >= 4 is 18.2 Å². The van der Waals surface area contributed by atoms with E-state index >= 15 is 0 Å². The molecule has 0 fully saturated rings. The van der Waals surface area contributed by atoms with Crippen LogP contribution in [-0.4, -0.2) is 32.4 Å². The summed E-state index contributed by atoms with van der Waals surface area (Å²) in [4.78, 5) is 21.6. The molecule has 20 heavy (non-hydrogen) atoms. The Hall–Kier alpha value is -2.77. The van der Waals surface area contributed by atoms with Crippen molar-refractivity contribution in [3.63, 3.8) is 0 Å². The number of hydrazone groups is 1. The molecule has 1 rings (SSSR count). The molecule has 1 aromatic rings. The second-order valence-corrected chi connectivity index (χ2v) is 3.58. The standard InChI is InChI=1S/C12H15N3O5/c1-7(16)20-11-9(18-2)4-8(5-10(11)19-3)6-14-15-12(13)17/h4-6H,1-3H3,(H3,13,15,17)/b14-6-. The fraction of sp³-hybridized carbons (Fsp3) is 0.250. The normalized spacial score (nSPS) is 10.2. The van der Waals surface area contributed by atoms with Crippen LogP contribution in [0.25, 0.3) is 0 Å². The van der Waals surface area contributed by atoms with Gasteiger partial charge in [0.05, 0.1) is 20.4 Å². The summed E-state index contributed by atoms with van der Waals surface area (Å²) < 4.78 is 15.3. The molecule has 0 atom stereocenters. The summed E-state index contributed by atoms with van der Waals surface area (Å²) >= 11 is 0. The molecule has 0 unspecified atom stereocenters. The summed E-state index contributed by atoms with van der Waals surface area (Å²) in [6, 6.07) is 2.34. The van der Waals surface area contributed by atoms with E-state index < -0.39 is 12.0 Å². The third-order valence-corrected chi connectivity index (χ3v) is 2.12. The third kappa shape index (κ3) is 4.16. The molecule has 8 nitrogen and oxygen atoms in total. The zero-order chi connectivity index (χ0) is 15.1. The van der Waals surface area contributed by atoms with Crippen molar-refractivity contribution in [1.82, 2.24) is 5.43 Å². The Balaban J connectivity index is 3.14. The number of nitrogens with two attached hydrogens (primary N) is 1. The summed E-state index contributed by atoms with van der Waals surface area (Å²) in [6.07, 6.45) is 1.34. The van der Waals surface area contributed by atoms with E-state index in [9.17, 15) is 9.59 Å². The van der Waals surface area contributed by atoms with Gasteiger partial charge in [0, 0.05) is 12.5 Å². The van der Waals surface area contributed by atoms with Crippen LogP contribution in [0, 0.1) is 0 Å². The van der Waals surface area contributed by atoms with Crippen molar-refractivity contribution in [2.24, 2.45) is 10.8 Å². The van der Waals surface area contributed by atoms with Gasteiger partial charge in [0.2, 0.25) is 5.75 Å². The minimum Gasteiger partial charge on any atom is -0.493 e. The summed E-state index contributed by atoms with van der Waals surface area (Å²) in [5.74, 6) is 0.251. The number of nitrogens with one attached hydrogen (secondary N) is 1. The largest absolute Gasteiger partial charge is 0.493 e. The van der Waals surface area contributed by atoms with Crippen molar-refractivity contribution in [2.45, 2.75) is 6.92 Å². The van der Waals surface area contributed by atoms with Gasteiger partial charge in [0.15, 0.2) is 11.5 Å². The van der Waals surface area contributed by atoms with Crippen LogP contribution in [0.2, 0.25) is 0 Å². The molecular weight excluding hydrogens is 266 g/mol. The highest BCUT2D eigenvalue weighted by molar-refractivity contribution is 5.84. The summed E-state index contributed by atoms with van der Waals surface area (Å²) in [6.45, 7) is 1.27. The molecule has 0 saturated carbocycles. The average molecular weight is 281 g/mol. The minimum atomic E-state index is -0.781. The number of carbonyl (C=O) groups excluding carboxylic acids is 2. The number of esters is 1. The number of benzene rings is 1. The fourth-order valence-corrected chi connectivity index (χ4v) is 1.39. The second kappa shape index (κ2) is 6.98. The van der Waals surface area contributed by atoms with E-state index in [2.05, 4.69) is 10.5 Å². The summed E-state index contributed by atoms with van der Waals surface area (Å²) in [5.41, 5.74) is 7.49. The minimum absolute atomic E-state index is 0.169. The molecule has 0 aliphatic carbocycles. The predicted octanol–water partition coefficient (Wildman–Crippen LogP) is 0.631. The van der Waals surface area contributed by atoms with Crippen molar-refractivity contribution in [3.8, 4) is 17.2 Å². The summed E-state index contributed by atoms with van der Waals surface area (Å²) in [5, 5.41) is 3.61. The van der Waals surface area contributed by atoms with Gasteiger partial charge in [0.1, 0.15) is 0 Å². The van der Waals surface area contributed by atoms with Crippen LogP contribution in [0.15, 0.2) is 17.2 Å². The first-order chi connectivity index (χ1) is 9.47. The number of hydrogen-bond donors (Lipinski definition) is 2. The number of primary amides is 1. The zero-order valence-corrected chi connectivity index (χ0v) is 11.3. The number of methoxy groups -OCH3 is 2. The monoisotopic (exact) mass is 281 g/mol. The van der Waals surface area contributed by atoms with Crippen LogP contribution in [0.3, 0.4) is 0 Å². The van der Waals surface area contributed by atoms with E-state index in [-0.39, 0.29) is 5.75 Å². The second-order valence-electron chi connectivity index (χ2n) is 3.58. The van der Waals surface area contributed by atoms with E-state index in [0.29, 0.717) is 17.1 Å². The fourth-order valence-electron chi connectivity index (χ4n) is 1.39. The SMILES string of the molecule is COc1cc(/C=N\NC(N)=O)cc(OC)c1OC(C)=O. The molecular formula is C12H15N3O5. The Morgan fingerprint density at radius 1 is 1.25 bits per heavy atom. The van der Waals surface area contributed by atoms with Crippen LogP contribution in [0.1, 0.15) is 12.5 Å². The number of nitrogens with zero attached hydrogens (tertiary/aromatic N) is 1. The first-order valence-corrected chi connectivity index (χ1v) is 5.51. The Labute approximate surface area is 115 Å². The van der Waals surface area contributed by atoms with E-state index in [1.807, 2.05) is 0 Å². The zero-order valence-electron chi connectivity index (χ0n) is 11.3. The smallest absolute Gasteiger partial charge is 0.332 e. The number of amides is 2.